The van der Waals surface area contributed by atoms with Crippen molar-refractivity contribution < 1.29 is 28.1 Å². The molecule has 8 nitrogen and oxygen atoms in total. The number of rotatable bonds is 7. The van der Waals surface area contributed by atoms with Crippen LogP contribution in [-0.4, -0.2) is 49.6 Å². The maximum atomic E-state index is 14.0. The van der Waals surface area contributed by atoms with E-state index < -0.39 is 36.7 Å². The number of aliphatic hydroxyl groups is 2. The van der Waals surface area contributed by atoms with Crippen molar-refractivity contribution in [3.05, 3.63) is 58.9 Å². The fourth-order valence-corrected chi connectivity index (χ4v) is 3.20. The summed E-state index contributed by atoms with van der Waals surface area (Å²) in [6.07, 6.45) is 0. The van der Waals surface area contributed by atoms with Crippen LogP contribution in [0.2, 0.25) is 5.02 Å². The number of hydrogen-bond donors (Lipinski definition) is 4. The van der Waals surface area contributed by atoms with Crippen LogP contribution >= 0.6 is 11.6 Å². The summed E-state index contributed by atoms with van der Waals surface area (Å²) in [6, 6.07) is 5.35. The lowest BCUT2D eigenvalue weighted by Crippen LogP contribution is -2.28. The van der Waals surface area contributed by atoms with Gasteiger partial charge in [-0.1, -0.05) is 11.6 Å². The molecule has 0 saturated carbocycles. The lowest BCUT2D eigenvalue weighted by molar-refractivity contribution is 0.203. The van der Waals surface area contributed by atoms with Crippen molar-refractivity contribution in [2.24, 2.45) is 0 Å². The molecule has 4 N–H and O–H groups in total. The molecule has 0 atom stereocenters. The third kappa shape index (κ3) is 4.31. The third-order valence-corrected chi connectivity index (χ3v) is 4.78. The SMILES string of the molecule is OCC(CO)Nc1nc(Oc2ccc(F)cc2F)nc2n[nH]c(-c3ccc(F)cc3Cl)c12. The number of nitrogens with zero attached hydrogens (tertiary/aromatic N) is 3. The highest BCUT2D eigenvalue weighted by molar-refractivity contribution is 6.33. The number of hydrogen-bond acceptors (Lipinski definition) is 7. The number of aromatic amines is 1. The zero-order valence-corrected chi connectivity index (χ0v) is 16.9. The first kappa shape index (κ1) is 21.8. The lowest BCUT2D eigenvalue weighted by atomic mass is 10.1. The maximum Gasteiger partial charge on any atom is 0.326 e. The van der Waals surface area contributed by atoms with Gasteiger partial charge in [-0.2, -0.15) is 15.1 Å². The summed E-state index contributed by atoms with van der Waals surface area (Å²) in [6.45, 7) is -0.871. The normalized spacial score (nSPS) is 11.3. The molecule has 0 fully saturated rings. The van der Waals surface area contributed by atoms with Crippen molar-refractivity contribution in [2.45, 2.75) is 6.04 Å². The summed E-state index contributed by atoms with van der Waals surface area (Å²) >= 11 is 6.18. The Morgan fingerprint density at radius 2 is 1.75 bits per heavy atom. The minimum Gasteiger partial charge on any atom is -0.421 e. The van der Waals surface area contributed by atoms with Crippen molar-refractivity contribution in [1.82, 2.24) is 20.2 Å². The minimum absolute atomic E-state index is 0.0739. The summed E-state index contributed by atoms with van der Waals surface area (Å²) in [5.41, 5.74) is 0.802. The van der Waals surface area contributed by atoms with Gasteiger partial charge in [0, 0.05) is 11.6 Å². The molecule has 0 unspecified atom stereocenters. The number of anilines is 1. The minimum atomic E-state index is -0.965. The van der Waals surface area contributed by atoms with Gasteiger partial charge in [-0.15, -0.1) is 0 Å². The number of fused-ring (bicyclic) bond motifs is 1. The second kappa shape index (κ2) is 8.99. The van der Waals surface area contributed by atoms with Crippen LogP contribution in [-0.2, 0) is 0 Å². The fraction of sp³-hybridized carbons (Fsp3) is 0.150. The van der Waals surface area contributed by atoms with Crippen molar-refractivity contribution in [2.75, 3.05) is 18.5 Å². The Labute approximate surface area is 183 Å². The van der Waals surface area contributed by atoms with E-state index in [1.807, 2.05) is 0 Å². The average Bonchev–Trinajstić information content (AvgIpc) is 3.18. The van der Waals surface area contributed by atoms with Gasteiger partial charge in [0.15, 0.2) is 17.2 Å². The van der Waals surface area contributed by atoms with Gasteiger partial charge in [-0.3, -0.25) is 5.10 Å². The van der Waals surface area contributed by atoms with E-state index >= 15 is 0 Å². The molecule has 0 bridgehead atoms. The number of nitrogens with one attached hydrogen (secondary N) is 2. The van der Waals surface area contributed by atoms with Crippen LogP contribution in [0.4, 0.5) is 19.0 Å². The van der Waals surface area contributed by atoms with Crippen molar-refractivity contribution in [3.8, 4) is 23.0 Å². The highest BCUT2D eigenvalue weighted by Gasteiger charge is 2.21. The smallest absolute Gasteiger partial charge is 0.326 e. The van der Waals surface area contributed by atoms with E-state index in [0.717, 1.165) is 18.2 Å². The molecule has 2 aromatic carbocycles. The number of aromatic nitrogens is 4. The van der Waals surface area contributed by atoms with Gasteiger partial charge >= 0.3 is 6.01 Å². The molecule has 12 heteroatoms. The molecule has 0 aliphatic rings. The summed E-state index contributed by atoms with van der Waals surface area (Å²) in [7, 11) is 0. The molecule has 4 rings (SSSR count). The quantitative estimate of drug-likeness (QED) is 0.329. The number of aliphatic hydroxyl groups excluding tert-OH is 2. The molecule has 0 aliphatic carbocycles. The molecular weight excluding hydrogens is 451 g/mol. The largest absolute Gasteiger partial charge is 0.421 e. The Kier molecular flexibility index (Phi) is 6.12. The average molecular weight is 466 g/mol. The van der Waals surface area contributed by atoms with E-state index in [9.17, 15) is 23.4 Å². The van der Waals surface area contributed by atoms with E-state index in [1.165, 1.54) is 12.1 Å². The molecule has 0 radical (unpaired) electrons. The molecule has 166 valence electrons. The molecule has 2 aromatic heterocycles. The van der Waals surface area contributed by atoms with Gasteiger partial charge in [-0.25, -0.2) is 13.2 Å². The Balaban J connectivity index is 1.84. The van der Waals surface area contributed by atoms with Crippen LogP contribution in [0.5, 0.6) is 11.8 Å². The van der Waals surface area contributed by atoms with E-state index in [1.54, 1.807) is 0 Å². The van der Waals surface area contributed by atoms with Gasteiger partial charge < -0.3 is 20.3 Å². The van der Waals surface area contributed by atoms with E-state index in [0.29, 0.717) is 22.7 Å². The molecule has 0 saturated heterocycles. The first-order valence-corrected chi connectivity index (χ1v) is 9.60. The van der Waals surface area contributed by atoms with Gasteiger partial charge in [0.1, 0.15) is 17.5 Å². The molecular formula is C20H15ClF3N5O3. The Morgan fingerprint density at radius 3 is 2.44 bits per heavy atom. The highest BCUT2D eigenvalue weighted by Crippen LogP contribution is 2.36. The second-order valence-corrected chi connectivity index (χ2v) is 7.07. The first-order chi connectivity index (χ1) is 15.4. The van der Waals surface area contributed by atoms with Crippen molar-refractivity contribution in [3.63, 3.8) is 0 Å². The van der Waals surface area contributed by atoms with Crippen molar-refractivity contribution in [1.29, 1.82) is 0 Å². The predicted molar refractivity (Wildman–Crippen MR) is 110 cm³/mol. The number of benzene rings is 2. The zero-order chi connectivity index (χ0) is 22.8. The topological polar surface area (TPSA) is 116 Å². The molecule has 0 spiro atoms. The molecule has 32 heavy (non-hydrogen) atoms. The van der Waals surface area contributed by atoms with E-state index in [4.69, 9.17) is 16.3 Å². The van der Waals surface area contributed by atoms with Crippen molar-refractivity contribution >= 4 is 28.5 Å². The van der Waals surface area contributed by atoms with Crippen LogP contribution in [0.25, 0.3) is 22.3 Å². The van der Waals surface area contributed by atoms with Crippen LogP contribution < -0.4 is 10.1 Å². The Morgan fingerprint density at radius 1 is 1.03 bits per heavy atom. The zero-order valence-electron chi connectivity index (χ0n) is 16.1. The van der Waals surface area contributed by atoms with Gasteiger partial charge in [0.05, 0.1) is 35.4 Å². The van der Waals surface area contributed by atoms with Crippen LogP contribution in [0.1, 0.15) is 0 Å². The Bertz CT molecular complexity index is 1280. The first-order valence-electron chi connectivity index (χ1n) is 9.22. The van der Waals surface area contributed by atoms with Crippen LogP contribution in [0.15, 0.2) is 36.4 Å². The summed E-state index contributed by atoms with van der Waals surface area (Å²) < 4.78 is 46.0. The number of halogens is 4. The van der Waals surface area contributed by atoms with Gasteiger partial charge in [0.2, 0.25) is 0 Å². The molecule has 2 heterocycles. The monoisotopic (exact) mass is 465 g/mol. The number of H-pyrrole nitrogens is 1. The maximum absolute atomic E-state index is 14.0. The van der Waals surface area contributed by atoms with Gasteiger partial charge in [0.25, 0.3) is 0 Å². The summed E-state index contributed by atoms with van der Waals surface area (Å²) in [4.78, 5) is 8.33. The molecule has 0 aliphatic heterocycles. The van der Waals surface area contributed by atoms with Crippen LogP contribution in [0, 0.1) is 17.5 Å². The second-order valence-electron chi connectivity index (χ2n) is 6.66. The van der Waals surface area contributed by atoms with Crippen LogP contribution in [0.3, 0.4) is 0 Å². The Hall–Kier alpha value is -3.41. The number of ether oxygens (including phenoxy) is 1. The van der Waals surface area contributed by atoms with Gasteiger partial charge in [-0.05, 0) is 30.3 Å². The highest BCUT2D eigenvalue weighted by atomic mass is 35.5. The summed E-state index contributed by atoms with van der Waals surface area (Å²) in [5, 5.41) is 29.0. The molecule has 4 aromatic rings. The van der Waals surface area contributed by atoms with E-state index in [-0.39, 0.29) is 28.2 Å². The third-order valence-electron chi connectivity index (χ3n) is 4.47. The fourth-order valence-electron chi connectivity index (χ4n) is 2.94. The molecule has 0 amide bonds. The predicted octanol–water partition coefficient (Wildman–Crippen LogP) is 3.65. The van der Waals surface area contributed by atoms with E-state index in [2.05, 4.69) is 25.5 Å². The lowest BCUT2D eigenvalue weighted by Gasteiger charge is -2.16. The summed E-state index contributed by atoms with van der Waals surface area (Å²) in [5.74, 6) is -2.53. The standard InChI is InChI=1S/C20H15ClF3N5O3/c21-13-5-9(22)1-3-12(13)17-16-18(25-11(7-30)8-31)26-20(27-19(16)29-28-17)32-15-4-2-10(23)6-14(15)24/h1-6,11,30-31H,7-8H2,(H2,25,26,27,28,29).